The SMILES string of the molecule is C=c1ccc(-c2ccccc2)n/c1=C/C(C)(CC)c1nc([C@H]2C[C@@H](N3CCN(C(C)=O)CC3)C2)n2ccnc(N)c12. The minimum absolute atomic E-state index is 0.169. The first kappa shape index (κ1) is 27.1. The van der Waals surface area contributed by atoms with Gasteiger partial charge in [-0.1, -0.05) is 56.8 Å². The number of anilines is 1. The number of nitrogens with two attached hydrogens (primary N) is 1. The summed E-state index contributed by atoms with van der Waals surface area (Å²) in [6.45, 7) is 13.8. The summed E-state index contributed by atoms with van der Waals surface area (Å²) in [7, 11) is 0. The van der Waals surface area contributed by atoms with Crippen molar-refractivity contribution in [1.29, 1.82) is 0 Å². The number of pyridine rings is 1. The van der Waals surface area contributed by atoms with Crippen molar-refractivity contribution < 1.29 is 4.79 Å². The van der Waals surface area contributed by atoms with E-state index in [1.165, 1.54) is 0 Å². The third-order valence-corrected chi connectivity index (χ3v) is 9.18. The summed E-state index contributed by atoms with van der Waals surface area (Å²) < 4.78 is 2.16. The standard InChI is InChI=1S/C33H39N7O/c1-5-33(4,21-28-22(2)11-12-27(36-28)24-9-7-6-8-10-24)30-29-31(34)35-13-14-40(29)32(37-30)25-19-26(20-25)39-17-15-38(16-18-39)23(3)41/h6-14,21,25-26H,2,5,15-20H2,1,3-4H3,(H2,34,35)/b28-21+/t25-,26+,33?. The van der Waals surface area contributed by atoms with Crippen LogP contribution >= 0.6 is 0 Å². The molecule has 1 atom stereocenters. The van der Waals surface area contributed by atoms with E-state index in [0.29, 0.717) is 17.8 Å². The van der Waals surface area contributed by atoms with Crippen LogP contribution in [0.4, 0.5) is 5.82 Å². The third kappa shape index (κ3) is 5.01. The van der Waals surface area contributed by atoms with E-state index in [9.17, 15) is 4.79 Å². The molecule has 6 rings (SSSR count). The van der Waals surface area contributed by atoms with Gasteiger partial charge in [0.15, 0.2) is 0 Å². The average Bonchev–Trinajstić information content (AvgIpc) is 3.35. The molecule has 1 saturated heterocycles. The van der Waals surface area contributed by atoms with Gasteiger partial charge in [0.25, 0.3) is 0 Å². The van der Waals surface area contributed by atoms with Gasteiger partial charge < -0.3 is 10.6 Å². The predicted octanol–water partition coefficient (Wildman–Crippen LogP) is 3.34. The second-order valence-electron chi connectivity index (χ2n) is 11.7. The summed E-state index contributed by atoms with van der Waals surface area (Å²) in [5.74, 6) is 2.06. The Morgan fingerprint density at radius 1 is 1.10 bits per heavy atom. The largest absolute Gasteiger partial charge is 0.382 e. The lowest BCUT2D eigenvalue weighted by atomic mass is 9.78. The predicted molar refractivity (Wildman–Crippen MR) is 164 cm³/mol. The number of nitrogens with zero attached hydrogens (tertiary/aromatic N) is 6. The molecule has 2 fully saturated rings. The molecule has 2 N–H and O–H groups in total. The van der Waals surface area contributed by atoms with E-state index >= 15 is 0 Å². The van der Waals surface area contributed by atoms with Crippen LogP contribution in [0.5, 0.6) is 0 Å². The van der Waals surface area contributed by atoms with Crippen molar-refractivity contribution in [3.8, 4) is 11.3 Å². The van der Waals surface area contributed by atoms with Gasteiger partial charge in [0.1, 0.15) is 17.2 Å². The number of aromatic nitrogens is 4. The molecular weight excluding hydrogens is 510 g/mol. The van der Waals surface area contributed by atoms with Crippen molar-refractivity contribution in [1.82, 2.24) is 29.2 Å². The van der Waals surface area contributed by atoms with E-state index < -0.39 is 5.41 Å². The summed E-state index contributed by atoms with van der Waals surface area (Å²) in [6.07, 6.45) is 8.89. The monoisotopic (exact) mass is 549 g/mol. The first-order valence-electron chi connectivity index (χ1n) is 14.6. The lowest BCUT2D eigenvalue weighted by Gasteiger charge is -2.46. The molecule has 3 aromatic heterocycles. The summed E-state index contributed by atoms with van der Waals surface area (Å²) in [6, 6.07) is 14.8. The number of imidazole rings is 1. The molecule has 1 unspecified atom stereocenters. The van der Waals surface area contributed by atoms with Crippen molar-refractivity contribution in [2.24, 2.45) is 0 Å². The fourth-order valence-corrected chi connectivity index (χ4v) is 6.31. The Bertz CT molecular complexity index is 1680. The van der Waals surface area contributed by atoms with Gasteiger partial charge in [-0.15, -0.1) is 0 Å². The molecule has 0 spiro atoms. The number of amides is 1. The highest BCUT2D eigenvalue weighted by atomic mass is 16.2. The van der Waals surface area contributed by atoms with Crippen LogP contribution in [0, 0.1) is 0 Å². The molecule has 8 nitrogen and oxygen atoms in total. The molecule has 1 aliphatic heterocycles. The highest BCUT2D eigenvalue weighted by molar-refractivity contribution is 5.74. The molecule has 212 valence electrons. The summed E-state index contributed by atoms with van der Waals surface area (Å²) >= 11 is 0. The van der Waals surface area contributed by atoms with Crippen LogP contribution < -0.4 is 16.3 Å². The maximum absolute atomic E-state index is 11.7. The minimum atomic E-state index is -0.429. The minimum Gasteiger partial charge on any atom is -0.382 e. The van der Waals surface area contributed by atoms with Crippen molar-refractivity contribution >= 4 is 29.9 Å². The van der Waals surface area contributed by atoms with Crippen LogP contribution in [-0.2, 0) is 10.2 Å². The Hall–Kier alpha value is -4.04. The first-order valence-corrected chi connectivity index (χ1v) is 14.6. The third-order valence-electron chi connectivity index (χ3n) is 9.18. The van der Waals surface area contributed by atoms with Crippen molar-refractivity contribution in [3.05, 3.63) is 76.9 Å². The zero-order chi connectivity index (χ0) is 28.7. The van der Waals surface area contributed by atoms with Gasteiger partial charge in [0, 0.05) is 68.4 Å². The van der Waals surface area contributed by atoms with Crippen molar-refractivity contribution in [2.75, 3.05) is 31.9 Å². The molecule has 1 amide bonds. The number of hydrogen-bond donors (Lipinski definition) is 1. The lowest BCUT2D eigenvalue weighted by molar-refractivity contribution is -0.131. The van der Waals surface area contributed by atoms with Gasteiger partial charge in [-0.3, -0.25) is 14.1 Å². The number of rotatable bonds is 6. The summed E-state index contributed by atoms with van der Waals surface area (Å²) in [5, 5.41) is 1.74. The molecule has 1 aromatic carbocycles. The van der Waals surface area contributed by atoms with E-state index in [-0.39, 0.29) is 5.91 Å². The van der Waals surface area contributed by atoms with E-state index in [0.717, 1.165) is 84.3 Å². The zero-order valence-corrected chi connectivity index (χ0v) is 24.3. The Labute approximate surface area is 241 Å². The molecule has 4 heterocycles. The quantitative estimate of drug-likeness (QED) is 0.397. The number of carbonyl (C=O) groups is 1. The van der Waals surface area contributed by atoms with Crippen LogP contribution in [0.2, 0.25) is 0 Å². The Balaban J connectivity index is 1.34. The van der Waals surface area contributed by atoms with Crippen LogP contribution in [0.1, 0.15) is 57.5 Å². The molecule has 4 aromatic rings. The molecular formula is C33H39N7O. The number of benzene rings is 1. The Morgan fingerprint density at radius 3 is 2.51 bits per heavy atom. The van der Waals surface area contributed by atoms with Gasteiger partial charge in [-0.05, 0) is 36.6 Å². The van der Waals surface area contributed by atoms with E-state index in [1.807, 2.05) is 41.4 Å². The highest BCUT2D eigenvalue weighted by Gasteiger charge is 2.40. The highest BCUT2D eigenvalue weighted by Crippen LogP contribution is 2.43. The van der Waals surface area contributed by atoms with Crippen LogP contribution in [-0.4, -0.2) is 67.3 Å². The number of fused-ring (bicyclic) bond motifs is 1. The van der Waals surface area contributed by atoms with Crippen molar-refractivity contribution in [2.45, 2.75) is 57.4 Å². The Morgan fingerprint density at radius 2 is 1.83 bits per heavy atom. The van der Waals surface area contributed by atoms with Crippen LogP contribution in [0.25, 0.3) is 29.4 Å². The van der Waals surface area contributed by atoms with Crippen molar-refractivity contribution in [3.63, 3.8) is 0 Å². The molecule has 1 saturated carbocycles. The fourth-order valence-electron chi connectivity index (χ4n) is 6.31. The molecule has 0 radical (unpaired) electrons. The fraction of sp³-hybridized carbons (Fsp3) is 0.394. The topological polar surface area (TPSA) is 92.7 Å². The number of carbonyl (C=O) groups excluding carboxylic acids is 1. The van der Waals surface area contributed by atoms with Gasteiger partial charge >= 0.3 is 0 Å². The lowest BCUT2D eigenvalue weighted by Crippen LogP contribution is -2.54. The summed E-state index contributed by atoms with van der Waals surface area (Å²) in [4.78, 5) is 31.0. The van der Waals surface area contributed by atoms with Crippen LogP contribution in [0.15, 0.2) is 54.9 Å². The van der Waals surface area contributed by atoms with Gasteiger partial charge in [0.2, 0.25) is 5.91 Å². The normalized spacial score (nSPS) is 21.5. The molecule has 41 heavy (non-hydrogen) atoms. The number of hydrogen-bond acceptors (Lipinski definition) is 6. The van der Waals surface area contributed by atoms with Gasteiger partial charge in [-0.25, -0.2) is 15.0 Å². The molecule has 0 bridgehead atoms. The van der Waals surface area contributed by atoms with Gasteiger partial charge in [0.05, 0.1) is 16.7 Å². The van der Waals surface area contributed by atoms with Crippen LogP contribution in [0.3, 0.4) is 0 Å². The zero-order valence-electron chi connectivity index (χ0n) is 24.3. The smallest absolute Gasteiger partial charge is 0.219 e. The maximum atomic E-state index is 11.7. The maximum Gasteiger partial charge on any atom is 0.219 e. The molecule has 1 aliphatic carbocycles. The molecule has 2 aliphatic rings. The second-order valence-corrected chi connectivity index (χ2v) is 11.7. The molecule has 8 heteroatoms. The first-order chi connectivity index (χ1) is 19.8. The number of nitrogen functional groups attached to an aromatic ring is 1. The van der Waals surface area contributed by atoms with E-state index in [4.69, 9.17) is 15.7 Å². The number of piperazine rings is 1. The van der Waals surface area contributed by atoms with E-state index in [2.05, 4.69) is 52.9 Å². The average molecular weight is 550 g/mol. The summed E-state index contributed by atoms with van der Waals surface area (Å²) in [5.41, 5.74) is 9.91. The Kier molecular flexibility index (Phi) is 7.11. The van der Waals surface area contributed by atoms with E-state index in [1.54, 1.807) is 13.1 Å². The second kappa shape index (κ2) is 10.7. The van der Waals surface area contributed by atoms with Gasteiger partial charge in [-0.2, -0.15) is 0 Å².